The third-order valence-electron chi connectivity index (χ3n) is 8.68. The first-order chi connectivity index (χ1) is 17.6. The molecule has 0 unspecified atom stereocenters. The lowest BCUT2D eigenvalue weighted by molar-refractivity contribution is -0.636. The molecule has 9 rings (SSSR count). The van der Waals surface area contributed by atoms with E-state index >= 15 is 0 Å². The van der Waals surface area contributed by atoms with Crippen LogP contribution in [0.5, 0.6) is 0 Å². The number of nitrogens with zero attached hydrogens (tertiary/aromatic N) is 5. The molecule has 3 aliphatic heterocycles. The van der Waals surface area contributed by atoms with Crippen molar-refractivity contribution < 1.29 is 4.68 Å². The minimum Gasteiger partial charge on any atom is -0.234 e. The maximum Gasteiger partial charge on any atom is 0.260 e. The van der Waals surface area contributed by atoms with Gasteiger partial charge in [-0.3, -0.25) is 0 Å². The molecule has 0 fully saturated rings. The van der Waals surface area contributed by atoms with Crippen LogP contribution >= 0.6 is 0 Å². The van der Waals surface area contributed by atoms with Gasteiger partial charge in [-0.1, -0.05) is 61.9 Å². The smallest absolute Gasteiger partial charge is 0.234 e. The summed E-state index contributed by atoms with van der Waals surface area (Å²) in [5.41, 5.74) is 13.8. The zero-order chi connectivity index (χ0) is 25.2. The second-order valence-corrected chi connectivity index (χ2v) is 13.0. The lowest BCUT2D eigenvalue weighted by atomic mass is 9.31. The Bertz CT molecular complexity index is 2060. The van der Waals surface area contributed by atoms with Gasteiger partial charge in [0, 0.05) is 16.3 Å². The molecule has 6 heteroatoms. The zero-order valence-electron chi connectivity index (χ0n) is 22.0. The van der Waals surface area contributed by atoms with Crippen molar-refractivity contribution in [2.45, 2.75) is 52.5 Å². The van der Waals surface area contributed by atoms with Crippen LogP contribution in [-0.2, 0) is 11.0 Å². The first kappa shape index (κ1) is 20.2. The Labute approximate surface area is 215 Å². The van der Waals surface area contributed by atoms with Crippen LogP contribution in [0.15, 0.2) is 54.6 Å². The van der Waals surface area contributed by atoms with Gasteiger partial charge in [0.1, 0.15) is 5.54 Å². The van der Waals surface area contributed by atoms with Crippen molar-refractivity contribution >= 4 is 55.8 Å². The topological polar surface area (TPSA) is 39.5 Å². The molecule has 0 atom stereocenters. The molecule has 5 nitrogen and oxygen atoms in total. The van der Waals surface area contributed by atoms with E-state index in [0.717, 1.165) is 5.69 Å². The molecule has 0 aliphatic carbocycles. The molecule has 0 spiro atoms. The summed E-state index contributed by atoms with van der Waals surface area (Å²) in [6.45, 7) is 13.7. The quantitative estimate of drug-likeness (QED) is 0.243. The number of hydrogen-bond donors (Lipinski definition) is 0. The molecule has 0 N–H and O–H groups in total. The first-order valence-electron chi connectivity index (χ1n) is 13.3. The average molecular weight is 480 g/mol. The van der Waals surface area contributed by atoms with Gasteiger partial charge < -0.3 is 0 Å². The average Bonchev–Trinajstić information content (AvgIpc) is 3.44. The van der Waals surface area contributed by atoms with Crippen LogP contribution in [0.1, 0.15) is 47.2 Å². The van der Waals surface area contributed by atoms with E-state index in [1.807, 2.05) is 0 Å². The van der Waals surface area contributed by atoms with E-state index in [0.29, 0.717) is 0 Å². The van der Waals surface area contributed by atoms with Gasteiger partial charge in [-0.2, -0.15) is 5.10 Å². The first-order valence-corrected chi connectivity index (χ1v) is 13.3. The van der Waals surface area contributed by atoms with Gasteiger partial charge >= 0.3 is 0 Å². The lowest BCUT2D eigenvalue weighted by Gasteiger charge is -2.34. The Hall–Kier alpha value is -3.93. The van der Waals surface area contributed by atoms with Gasteiger partial charge in [0.15, 0.2) is 11.2 Å². The highest BCUT2D eigenvalue weighted by atomic mass is 15.5. The highest BCUT2D eigenvalue weighted by Gasteiger charge is 2.49. The molecule has 0 amide bonds. The summed E-state index contributed by atoms with van der Waals surface area (Å²) in [6, 6.07) is 20.5. The highest BCUT2D eigenvalue weighted by molar-refractivity contribution is 7.02. The molecule has 2 aromatic heterocycles. The molecule has 4 aromatic carbocycles. The normalized spacial score (nSPS) is 14.7. The number of rotatable bonds is 0. The Morgan fingerprint density at radius 1 is 0.838 bits per heavy atom. The van der Waals surface area contributed by atoms with Gasteiger partial charge in [0.25, 0.3) is 6.71 Å². The Morgan fingerprint density at radius 3 is 2.43 bits per heavy atom. The van der Waals surface area contributed by atoms with Crippen LogP contribution in [-0.4, -0.2) is 26.4 Å². The summed E-state index contributed by atoms with van der Waals surface area (Å²) in [6.07, 6.45) is 0. The fourth-order valence-corrected chi connectivity index (χ4v) is 7.33. The number of fused-ring (bicyclic) bond motifs is 3. The largest absolute Gasteiger partial charge is 0.260 e. The second-order valence-electron chi connectivity index (χ2n) is 13.0. The summed E-state index contributed by atoms with van der Waals surface area (Å²) in [5, 5.41) is 14.5. The van der Waals surface area contributed by atoms with Crippen molar-refractivity contribution in [1.29, 1.82) is 0 Å². The van der Waals surface area contributed by atoms with Crippen molar-refractivity contribution in [1.82, 2.24) is 19.7 Å². The van der Waals surface area contributed by atoms with Gasteiger partial charge in [-0.05, 0) is 71.8 Å². The SMILES string of the molecule is CC(C)(C)c1nn2c3c4c(ccc13)-c1cccc3cc5c6c(c13)B4c1c-2cccc1-[n+]6nn5C(C)(C)C. The van der Waals surface area contributed by atoms with E-state index in [1.165, 1.54) is 71.6 Å². The number of benzene rings is 4. The molecule has 0 saturated heterocycles. The molecule has 37 heavy (non-hydrogen) atoms. The van der Waals surface area contributed by atoms with Crippen molar-refractivity contribution in [3.05, 3.63) is 60.3 Å². The van der Waals surface area contributed by atoms with E-state index in [4.69, 9.17) is 10.3 Å². The van der Waals surface area contributed by atoms with Crippen LogP contribution < -0.4 is 21.1 Å². The minimum absolute atomic E-state index is 0.0551. The van der Waals surface area contributed by atoms with Crippen LogP contribution in [0.3, 0.4) is 0 Å². The van der Waals surface area contributed by atoms with E-state index in [-0.39, 0.29) is 17.7 Å². The van der Waals surface area contributed by atoms with E-state index < -0.39 is 0 Å². The molecule has 6 aromatic rings. The Kier molecular flexibility index (Phi) is 3.16. The van der Waals surface area contributed by atoms with Crippen LogP contribution in [0, 0.1) is 0 Å². The predicted octanol–water partition coefficient (Wildman–Crippen LogP) is 3.98. The van der Waals surface area contributed by atoms with E-state index in [2.05, 4.69) is 110 Å². The van der Waals surface area contributed by atoms with E-state index in [9.17, 15) is 0 Å². The van der Waals surface area contributed by atoms with E-state index in [1.54, 1.807) is 0 Å². The zero-order valence-corrected chi connectivity index (χ0v) is 22.0. The molecule has 0 saturated carbocycles. The standard InChI is InChI=1S/C31H27BN5/c1-30(2,3)29-19-14-13-18-17-10-7-9-16-15-22-28-26(23(16)17)32-24(18)27(19)35(33-29)20-11-8-12-21(25(20)32)36(28)34-37(22)31(4,5)6/h7-15H,1-6H3/q+1. The molecular formula is C31H27BN5+. The Balaban J connectivity index is 1.60. The fraction of sp³-hybridized carbons (Fsp3) is 0.258. The summed E-state index contributed by atoms with van der Waals surface area (Å²) >= 11 is 0. The molecule has 0 radical (unpaired) electrons. The summed E-state index contributed by atoms with van der Waals surface area (Å²) in [5.74, 6) is 0. The molecule has 0 bridgehead atoms. The van der Waals surface area contributed by atoms with Crippen LogP contribution in [0.2, 0.25) is 0 Å². The summed E-state index contributed by atoms with van der Waals surface area (Å²) in [7, 11) is 0. The van der Waals surface area contributed by atoms with Crippen molar-refractivity contribution in [2.75, 3.05) is 0 Å². The Morgan fingerprint density at radius 2 is 1.65 bits per heavy atom. The van der Waals surface area contributed by atoms with Crippen molar-refractivity contribution in [3.63, 3.8) is 0 Å². The van der Waals surface area contributed by atoms with Crippen LogP contribution in [0.25, 0.3) is 55.2 Å². The van der Waals surface area contributed by atoms with Crippen LogP contribution in [0.4, 0.5) is 0 Å². The lowest BCUT2D eigenvalue weighted by Crippen LogP contribution is -2.66. The van der Waals surface area contributed by atoms with Crippen molar-refractivity contribution in [2.24, 2.45) is 0 Å². The molecule has 3 aliphatic rings. The fourth-order valence-electron chi connectivity index (χ4n) is 7.33. The molecular weight excluding hydrogens is 453 g/mol. The monoisotopic (exact) mass is 480 g/mol. The minimum atomic E-state index is -0.145. The maximum absolute atomic E-state index is 5.31. The van der Waals surface area contributed by atoms with Gasteiger partial charge in [-0.15, -0.1) is 4.68 Å². The summed E-state index contributed by atoms with van der Waals surface area (Å²) in [4.78, 5) is 0. The molecule has 5 heterocycles. The van der Waals surface area contributed by atoms with Gasteiger partial charge in [-0.25, -0.2) is 4.68 Å². The summed E-state index contributed by atoms with van der Waals surface area (Å²) < 4.78 is 6.67. The third-order valence-corrected chi connectivity index (χ3v) is 8.68. The third kappa shape index (κ3) is 2.12. The van der Waals surface area contributed by atoms with Gasteiger partial charge in [0.05, 0.1) is 22.1 Å². The van der Waals surface area contributed by atoms with Crippen molar-refractivity contribution in [3.8, 4) is 22.5 Å². The molecule has 178 valence electrons. The number of hydrogen-bond acceptors (Lipinski definition) is 2. The van der Waals surface area contributed by atoms with Gasteiger partial charge in [0.2, 0.25) is 5.52 Å². The maximum atomic E-state index is 5.31. The number of aromatic nitrogens is 5. The second kappa shape index (κ2) is 5.80. The predicted molar refractivity (Wildman–Crippen MR) is 151 cm³/mol. The highest BCUT2D eigenvalue weighted by Crippen LogP contribution is 2.41.